The average molecular weight is 284 g/mol. The van der Waals surface area contributed by atoms with Crippen LogP contribution in [0.2, 0.25) is 0 Å². The van der Waals surface area contributed by atoms with Crippen molar-refractivity contribution in [2.45, 2.75) is 12.0 Å². The second kappa shape index (κ2) is 6.90. The SMILES string of the molecule is CC(O)(P(=O)(O)O)P(=O)(O)O.O.O.[CaH2]. The van der Waals surface area contributed by atoms with Crippen LogP contribution in [0.25, 0.3) is 0 Å². The first kappa shape index (κ1) is 24.6. The van der Waals surface area contributed by atoms with E-state index in [1.807, 2.05) is 0 Å². The fraction of sp³-hybridized carbons (Fsp3) is 1.00. The van der Waals surface area contributed by atoms with Crippen LogP contribution in [-0.2, 0) is 9.13 Å². The second-order valence-electron chi connectivity index (χ2n) is 2.06. The van der Waals surface area contributed by atoms with Crippen molar-refractivity contribution < 1.29 is 44.8 Å². The maximum atomic E-state index is 10.3. The van der Waals surface area contributed by atoms with Gasteiger partial charge in [0, 0.05) is 0 Å². The van der Waals surface area contributed by atoms with Crippen molar-refractivity contribution in [1.29, 1.82) is 0 Å². The van der Waals surface area contributed by atoms with E-state index in [2.05, 4.69) is 0 Å². The van der Waals surface area contributed by atoms with Crippen LogP contribution in [-0.4, -0.2) is 78.5 Å². The Hall–Kier alpha value is 1.44. The molecule has 0 aliphatic heterocycles. The third kappa shape index (κ3) is 5.50. The van der Waals surface area contributed by atoms with E-state index in [9.17, 15) is 9.13 Å². The van der Waals surface area contributed by atoms with Crippen molar-refractivity contribution in [2.75, 3.05) is 0 Å². The molecule has 0 rings (SSSR count). The van der Waals surface area contributed by atoms with Gasteiger partial charge in [-0.15, -0.1) is 0 Å². The molecule has 0 fully saturated rings. The van der Waals surface area contributed by atoms with E-state index in [4.69, 9.17) is 24.7 Å². The first-order valence-corrected chi connectivity index (χ1v) is 5.56. The molecule has 0 unspecified atom stereocenters. The van der Waals surface area contributed by atoms with Gasteiger partial charge in [0.2, 0.25) is 0 Å². The quantitative estimate of drug-likeness (QED) is 0.255. The number of rotatable bonds is 2. The molecule has 9 N–H and O–H groups in total. The molecule has 0 spiro atoms. The molecule has 0 aromatic rings. The molecule has 0 atom stereocenters. The molecule has 0 aromatic carbocycles. The zero-order valence-electron chi connectivity index (χ0n) is 6.45. The van der Waals surface area contributed by atoms with Crippen LogP contribution in [0.1, 0.15) is 6.92 Å². The number of hydrogen-bond acceptors (Lipinski definition) is 3. The van der Waals surface area contributed by atoms with Gasteiger partial charge in [0.25, 0.3) is 5.08 Å². The van der Waals surface area contributed by atoms with E-state index < -0.39 is 20.3 Å². The minimum absolute atomic E-state index is 0. The van der Waals surface area contributed by atoms with Crippen LogP contribution < -0.4 is 0 Å². The summed E-state index contributed by atoms with van der Waals surface area (Å²) in [5.41, 5.74) is 0. The molecule has 0 saturated heterocycles. The molecule has 14 heavy (non-hydrogen) atoms. The Labute approximate surface area is 109 Å². The number of aliphatic hydroxyl groups is 1. The standard InChI is InChI=1S/C2H8O7P2.Ca.2H2O.2H/c1-2(3,10(4,5)6)11(7,8)9;;;;;/h3H,1H3,(H2,4,5,6)(H2,7,8,9);;2*1H2;;. The average Bonchev–Trinajstić information content (AvgIpc) is 1.58. The minimum atomic E-state index is -5.20. The van der Waals surface area contributed by atoms with E-state index >= 15 is 0 Å². The first-order valence-electron chi connectivity index (χ1n) is 2.34. The summed E-state index contributed by atoms with van der Waals surface area (Å²) in [6.45, 7) is 0.383. The topological polar surface area (TPSA) is 198 Å². The Kier molecular flexibility index (Phi) is 12.1. The zero-order valence-corrected chi connectivity index (χ0v) is 8.24. The van der Waals surface area contributed by atoms with Gasteiger partial charge in [-0.1, -0.05) is 0 Å². The van der Waals surface area contributed by atoms with E-state index in [-0.39, 0.29) is 48.7 Å². The Morgan fingerprint density at radius 1 is 0.929 bits per heavy atom. The second-order valence-corrected chi connectivity index (χ2v) is 6.33. The predicted octanol–water partition coefficient (Wildman–Crippen LogP) is -3.56. The Bertz CT molecular complexity index is 213. The van der Waals surface area contributed by atoms with Gasteiger partial charge in [-0.05, 0) is 6.92 Å². The van der Waals surface area contributed by atoms with Crippen LogP contribution in [0.15, 0.2) is 0 Å². The van der Waals surface area contributed by atoms with Crippen molar-refractivity contribution in [3.8, 4) is 0 Å². The third-order valence-electron chi connectivity index (χ3n) is 1.10. The molecule has 0 aliphatic rings. The van der Waals surface area contributed by atoms with Crippen LogP contribution in [0.5, 0.6) is 0 Å². The van der Waals surface area contributed by atoms with Crippen LogP contribution in [0.3, 0.4) is 0 Å². The van der Waals surface area contributed by atoms with Crippen LogP contribution in [0.4, 0.5) is 0 Å². The molecule has 12 heteroatoms. The van der Waals surface area contributed by atoms with Crippen molar-refractivity contribution >= 4 is 52.9 Å². The summed E-state index contributed by atoms with van der Waals surface area (Å²) in [5, 5.41) is 5.37. The summed E-state index contributed by atoms with van der Waals surface area (Å²) in [5.74, 6) is 0. The normalized spacial score (nSPS) is 11.9. The van der Waals surface area contributed by atoms with Crippen LogP contribution >= 0.6 is 15.2 Å². The summed E-state index contributed by atoms with van der Waals surface area (Å²) in [6, 6.07) is 0. The van der Waals surface area contributed by atoms with Crippen molar-refractivity contribution in [3.63, 3.8) is 0 Å². The molecule has 0 amide bonds. The summed E-state index contributed by atoms with van der Waals surface area (Å²) < 4.78 is 20.5. The maximum absolute atomic E-state index is 10.3. The van der Waals surface area contributed by atoms with E-state index in [0.717, 1.165) is 0 Å². The van der Waals surface area contributed by atoms with Gasteiger partial charge in [-0.25, -0.2) is 0 Å². The summed E-state index contributed by atoms with van der Waals surface area (Å²) in [4.78, 5) is 33.0. The zero-order chi connectivity index (χ0) is 9.50. The van der Waals surface area contributed by atoms with Gasteiger partial charge >= 0.3 is 52.9 Å². The van der Waals surface area contributed by atoms with E-state index in [1.54, 1.807) is 0 Å². The van der Waals surface area contributed by atoms with E-state index in [1.165, 1.54) is 0 Å². The molecular formula is C2H14CaO9P2. The van der Waals surface area contributed by atoms with Gasteiger partial charge in [0.1, 0.15) is 0 Å². The van der Waals surface area contributed by atoms with Gasteiger partial charge < -0.3 is 35.6 Å². The Balaban J connectivity index is -0.000000167. The summed E-state index contributed by atoms with van der Waals surface area (Å²) in [6.07, 6.45) is 0. The fourth-order valence-corrected chi connectivity index (χ4v) is 1.53. The van der Waals surface area contributed by atoms with Gasteiger partial charge in [0.05, 0.1) is 0 Å². The predicted molar refractivity (Wildman–Crippen MR) is 50.5 cm³/mol. The van der Waals surface area contributed by atoms with Gasteiger partial charge in [-0.3, -0.25) is 9.13 Å². The van der Waals surface area contributed by atoms with Crippen LogP contribution in [0, 0.1) is 0 Å². The monoisotopic (exact) mass is 284 g/mol. The fourth-order valence-electron chi connectivity index (χ4n) is 0.170. The molecule has 0 aromatic heterocycles. The number of hydrogen-bond donors (Lipinski definition) is 5. The molecule has 9 nitrogen and oxygen atoms in total. The van der Waals surface area contributed by atoms with Gasteiger partial charge in [-0.2, -0.15) is 0 Å². The molecule has 0 bridgehead atoms. The molecule has 88 valence electrons. The summed E-state index contributed by atoms with van der Waals surface area (Å²) >= 11 is 0. The molecule has 0 aliphatic carbocycles. The Morgan fingerprint density at radius 2 is 1.07 bits per heavy atom. The molecule has 0 radical (unpaired) electrons. The van der Waals surface area contributed by atoms with E-state index in [0.29, 0.717) is 6.92 Å². The van der Waals surface area contributed by atoms with Gasteiger partial charge in [0.15, 0.2) is 0 Å². The third-order valence-corrected chi connectivity index (χ3v) is 4.87. The van der Waals surface area contributed by atoms with Crippen molar-refractivity contribution in [3.05, 3.63) is 0 Å². The summed E-state index contributed by atoms with van der Waals surface area (Å²) in [7, 11) is -10.4. The van der Waals surface area contributed by atoms with Crippen molar-refractivity contribution in [1.82, 2.24) is 0 Å². The molecule has 0 saturated carbocycles. The Morgan fingerprint density at radius 3 is 1.07 bits per heavy atom. The first-order chi connectivity index (χ1) is 4.50. The molecular weight excluding hydrogens is 270 g/mol. The molecule has 0 heterocycles. The van der Waals surface area contributed by atoms with Crippen molar-refractivity contribution in [2.24, 2.45) is 0 Å².